The van der Waals surface area contributed by atoms with Crippen molar-refractivity contribution in [2.45, 2.75) is 59.3 Å². The first-order valence-corrected chi connectivity index (χ1v) is 8.19. The third kappa shape index (κ3) is 4.16. The van der Waals surface area contributed by atoms with E-state index in [1.165, 1.54) is 7.11 Å². The molecule has 24 heavy (non-hydrogen) atoms. The number of rotatable bonds is 4. The highest BCUT2D eigenvalue weighted by atomic mass is 16.5. The molecule has 0 fully saturated rings. The summed E-state index contributed by atoms with van der Waals surface area (Å²) in [6.45, 7) is 14.0. The van der Waals surface area contributed by atoms with Gasteiger partial charge in [0.25, 0.3) is 0 Å². The first-order valence-electron chi connectivity index (χ1n) is 8.19. The lowest BCUT2D eigenvalue weighted by molar-refractivity contribution is -0.143. The van der Waals surface area contributed by atoms with Crippen molar-refractivity contribution < 1.29 is 19.1 Å². The minimum Gasteiger partial charge on any atom is -0.496 e. The van der Waals surface area contributed by atoms with Crippen LogP contribution in [0.25, 0.3) is 0 Å². The third-order valence-corrected chi connectivity index (χ3v) is 4.14. The van der Waals surface area contributed by atoms with Crippen molar-refractivity contribution in [3.8, 4) is 5.75 Å². The molecule has 0 spiro atoms. The summed E-state index contributed by atoms with van der Waals surface area (Å²) < 4.78 is 10.4. The van der Waals surface area contributed by atoms with Gasteiger partial charge >= 0.3 is 5.97 Å². The zero-order valence-corrected chi connectivity index (χ0v) is 16.4. The molecular formula is C20H30O4. The van der Waals surface area contributed by atoms with Gasteiger partial charge in [0.05, 0.1) is 14.2 Å². The molecule has 134 valence electrons. The largest absolute Gasteiger partial charge is 0.496 e. The second-order valence-electron chi connectivity index (χ2n) is 8.21. The fourth-order valence-corrected chi connectivity index (χ4v) is 2.64. The number of esters is 1. The minimum atomic E-state index is -0.830. The van der Waals surface area contributed by atoms with Crippen LogP contribution in [-0.2, 0) is 20.4 Å². The zero-order chi connectivity index (χ0) is 18.9. The molecule has 1 atom stereocenters. The van der Waals surface area contributed by atoms with Gasteiger partial charge in [-0.25, -0.2) is 0 Å². The average molecular weight is 334 g/mol. The van der Waals surface area contributed by atoms with Crippen LogP contribution in [0.15, 0.2) is 12.1 Å². The van der Waals surface area contributed by atoms with Gasteiger partial charge in [-0.3, -0.25) is 9.59 Å². The number of methoxy groups -OCH3 is 2. The van der Waals surface area contributed by atoms with E-state index < -0.39 is 11.9 Å². The van der Waals surface area contributed by atoms with Crippen molar-refractivity contribution in [2.24, 2.45) is 5.92 Å². The van der Waals surface area contributed by atoms with Crippen molar-refractivity contribution in [1.82, 2.24) is 0 Å². The van der Waals surface area contributed by atoms with E-state index >= 15 is 0 Å². The standard InChI is InChI=1S/C20H30O4/c1-12(18(22)24-9)16(21)13-10-14(19(2,3)4)17(23-8)15(11-13)20(5,6)7/h10-12H,1-9H3. The van der Waals surface area contributed by atoms with Gasteiger partial charge in [-0.15, -0.1) is 0 Å². The van der Waals surface area contributed by atoms with Crippen LogP contribution in [0.5, 0.6) is 5.75 Å². The van der Waals surface area contributed by atoms with Gasteiger partial charge < -0.3 is 9.47 Å². The smallest absolute Gasteiger partial charge is 0.316 e. The fourth-order valence-electron chi connectivity index (χ4n) is 2.64. The maximum absolute atomic E-state index is 12.8. The van der Waals surface area contributed by atoms with Gasteiger partial charge in [-0.1, -0.05) is 41.5 Å². The molecule has 4 nitrogen and oxygen atoms in total. The predicted molar refractivity (Wildman–Crippen MR) is 95.9 cm³/mol. The summed E-state index contributed by atoms with van der Waals surface area (Å²) in [4.78, 5) is 24.5. The first kappa shape index (κ1) is 20.2. The Kier molecular flexibility index (Phi) is 5.86. The van der Waals surface area contributed by atoms with E-state index in [2.05, 4.69) is 41.5 Å². The Morgan fingerprint density at radius 3 is 1.62 bits per heavy atom. The summed E-state index contributed by atoms with van der Waals surface area (Å²) in [6, 6.07) is 3.69. The summed E-state index contributed by atoms with van der Waals surface area (Å²) in [5.74, 6) is -0.785. The Labute approximate surface area is 145 Å². The molecule has 0 amide bonds. The molecule has 0 N–H and O–H groups in total. The molecule has 0 aliphatic rings. The number of carbonyl (C=O) groups is 2. The highest BCUT2D eigenvalue weighted by Crippen LogP contribution is 2.40. The van der Waals surface area contributed by atoms with E-state index in [0.717, 1.165) is 16.9 Å². The Bertz CT molecular complexity index is 595. The molecular weight excluding hydrogens is 304 g/mol. The van der Waals surface area contributed by atoms with Crippen LogP contribution < -0.4 is 4.74 Å². The number of hydrogen-bond donors (Lipinski definition) is 0. The van der Waals surface area contributed by atoms with E-state index in [-0.39, 0.29) is 16.6 Å². The van der Waals surface area contributed by atoms with Crippen molar-refractivity contribution >= 4 is 11.8 Å². The number of carbonyl (C=O) groups excluding carboxylic acids is 2. The number of Topliss-reactive ketones (excluding diaryl/α,β-unsaturated/α-hetero) is 1. The lowest BCUT2D eigenvalue weighted by Gasteiger charge is -2.30. The number of ketones is 1. The maximum atomic E-state index is 12.8. The van der Waals surface area contributed by atoms with Gasteiger partial charge in [-0.2, -0.15) is 0 Å². The van der Waals surface area contributed by atoms with Crippen LogP contribution in [0, 0.1) is 5.92 Å². The summed E-state index contributed by atoms with van der Waals surface area (Å²) in [5, 5.41) is 0. The second kappa shape index (κ2) is 6.96. The van der Waals surface area contributed by atoms with Crippen molar-refractivity contribution in [3.63, 3.8) is 0 Å². The highest BCUT2D eigenvalue weighted by molar-refractivity contribution is 6.08. The van der Waals surface area contributed by atoms with E-state index in [4.69, 9.17) is 9.47 Å². The molecule has 1 unspecified atom stereocenters. The molecule has 0 bridgehead atoms. The van der Waals surface area contributed by atoms with Crippen LogP contribution in [0.4, 0.5) is 0 Å². The normalized spacial score (nSPS) is 13.4. The van der Waals surface area contributed by atoms with Gasteiger partial charge in [-0.05, 0) is 29.9 Å². The topological polar surface area (TPSA) is 52.6 Å². The van der Waals surface area contributed by atoms with E-state index in [9.17, 15) is 9.59 Å². The predicted octanol–water partition coefficient (Wildman–Crippen LogP) is 4.28. The van der Waals surface area contributed by atoms with Gasteiger partial charge in [0.2, 0.25) is 0 Å². The van der Waals surface area contributed by atoms with Gasteiger partial charge in [0.1, 0.15) is 11.7 Å². The molecule has 1 aromatic rings. The molecule has 0 aliphatic carbocycles. The molecule has 0 aromatic heterocycles. The maximum Gasteiger partial charge on any atom is 0.316 e. The Morgan fingerprint density at radius 2 is 1.33 bits per heavy atom. The Morgan fingerprint density at radius 1 is 0.917 bits per heavy atom. The Hall–Kier alpha value is -1.84. The molecule has 0 aliphatic heterocycles. The lowest BCUT2D eigenvalue weighted by atomic mass is 9.77. The second-order valence-corrected chi connectivity index (χ2v) is 8.21. The van der Waals surface area contributed by atoms with Gasteiger partial charge in [0.15, 0.2) is 5.78 Å². The van der Waals surface area contributed by atoms with Gasteiger partial charge in [0, 0.05) is 16.7 Å². The van der Waals surface area contributed by atoms with Crippen LogP contribution in [0.1, 0.15) is 70.0 Å². The van der Waals surface area contributed by atoms with Crippen LogP contribution in [0.3, 0.4) is 0 Å². The summed E-state index contributed by atoms with van der Waals surface area (Å²) in [5.41, 5.74) is 2.03. The van der Waals surface area contributed by atoms with E-state index in [1.807, 2.05) is 12.1 Å². The van der Waals surface area contributed by atoms with Crippen molar-refractivity contribution in [2.75, 3.05) is 14.2 Å². The number of ether oxygens (including phenoxy) is 2. The fraction of sp³-hybridized carbons (Fsp3) is 0.600. The van der Waals surface area contributed by atoms with Crippen LogP contribution >= 0.6 is 0 Å². The summed E-state index contributed by atoms with van der Waals surface area (Å²) >= 11 is 0. The summed E-state index contributed by atoms with van der Waals surface area (Å²) in [7, 11) is 2.94. The first-order chi connectivity index (χ1) is 10.8. The van der Waals surface area contributed by atoms with E-state index in [0.29, 0.717) is 5.56 Å². The minimum absolute atomic E-state index is 0.198. The highest BCUT2D eigenvalue weighted by Gasteiger charge is 2.31. The number of hydrogen-bond acceptors (Lipinski definition) is 4. The molecule has 0 heterocycles. The average Bonchev–Trinajstić information content (AvgIpc) is 2.49. The SMILES string of the molecule is COC(=O)C(C)C(=O)c1cc(C(C)(C)C)c(OC)c(C(C)(C)C)c1. The molecule has 0 radical (unpaired) electrons. The third-order valence-electron chi connectivity index (χ3n) is 4.14. The van der Waals surface area contributed by atoms with Crippen molar-refractivity contribution in [3.05, 3.63) is 28.8 Å². The molecule has 0 saturated carbocycles. The molecule has 4 heteroatoms. The molecule has 0 saturated heterocycles. The molecule has 1 rings (SSSR count). The Balaban J connectivity index is 3.65. The summed E-state index contributed by atoms with van der Waals surface area (Å²) in [6.07, 6.45) is 0. The quantitative estimate of drug-likeness (QED) is 0.468. The van der Waals surface area contributed by atoms with Crippen LogP contribution in [0.2, 0.25) is 0 Å². The zero-order valence-electron chi connectivity index (χ0n) is 16.4. The number of benzene rings is 1. The van der Waals surface area contributed by atoms with Crippen molar-refractivity contribution in [1.29, 1.82) is 0 Å². The van der Waals surface area contributed by atoms with E-state index in [1.54, 1.807) is 14.0 Å². The van der Waals surface area contributed by atoms with Crippen LogP contribution in [-0.4, -0.2) is 26.0 Å². The monoisotopic (exact) mass is 334 g/mol. The molecule has 1 aromatic carbocycles. The lowest BCUT2D eigenvalue weighted by Crippen LogP contribution is -2.25.